The quantitative estimate of drug-likeness (QED) is 0.470. The van der Waals surface area contributed by atoms with Gasteiger partial charge < -0.3 is 10.2 Å². The van der Waals surface area contributed by atoms with Crippen molar-refractivity contribution in [2.24, 2.45) is 11.8 Å². The highest BCUT2D eigenvalue weighted by Gasteiger charge is 2.32. The maximum atomic E-state index is 13.2. The van der Waals surface area contributed by atoms with Crippen LogP contribution in [0, 0.1) is 11.8 Å². The van der Waals surface area contributed by atoms with Crippen molar-refractivity contribution >= 4 is 11.8 Å². The van der Waals surface area contributed by atoms with Gasteiger partial charge >= 0.3 is 0 Å². The second-order valence-corrected chi connectivity index (χ2v) is 10.3. The lowest BCUT2D eigenvalue weighted by Crippen LogP contribution is -2.33. The molecule has 2 fully saturated rings. The molecule has 0 radical (unpaired) electrons. The summed E-state index contributed by atoms with van der Waals surface area (Å²) in [5, 5.41) is 3.25. The highest BCUT2D eigenvalue weighted by atomic mass is 16.2. The maximum Gasteiger partial charge on any atom is 0.254 e. The van der Waals surface area contributed by atoms with Crippen LogP contribution in [0.25, 0.3) is 0 Å². The predicted molar refractivity (Wildman–Crippen MR) is 131 cm³/mol. The van der Waals surface area contributed by atoms with Gasteiger partial charge in [0.2, 0.25) is 5.91 Å². The van der Waals surface area contributed by atoms with E-state index < -0.39 is 0 Å². The number of unbranched alkanes of at least 4 members (excludes halogenated alkanes) is 1. The number of carbonyl (C=O) groups excluding carboxylic acids is 2. The van der Waals surface area contributed by atoms with Crippen LogP contribution in [0.4, 0.5) is 0 Å². The molecule has 2 aliphatic carbocycles. The molecular weight excluding hydrogens is 408 g/mol. The molecule has 2 aromatic carbocycles. The lowest BCUT2D eigenvalue weighted by molar-refractivity contribution is -0.123. The van der Waals surface area contributed by atoms with Gasteiger partial charge in [-0.25, -0.2) is 0 Å². The van der Waals surface area contributed by atoms with Gasteiger partial charge in [-0.15, -0.1) is 0 Å². The van der Waals surface area contributed by atoms with Gasteiger partial charge in [0.25, 0.3) is 5.91 Å². The van der Waals surface area contributed by atoms with Crippen molar-refractivity contribution < 1.29 is 9.59 Å². The molecule has 4 nitrogen and oxygen atoms in total. The second-order valence-electron chi connectivity index (χ2n) is 10.3. The molecule has 174 valence electrons. The first-order valence-corrected chi connectivity index (χ1v) is 12.9. The Morgan fingerprint density at radius 2 is 1.73 bits per heavy atom. The smallest absolute Gasteiger partial charge is 0.254 e. The van der Waals surface area contributed by atoms with Crippen LogP contribution in [0.2, 0.25) is 0 Å². The summed E-state index contributed by atoms with van der Waals surface area (Å²) >= 11 is 0. The molecule has 4 heteroatoms. The largest absolute Gasteiger partial charge is 0.356 e. The molecule has 1 atom stereocenters. The monoisotopic (exact) mass is 444 g/mol. The summed E-state index contributed by atoms with van der Waals surface area (Å²) in [5.41, 5.74) is 4.17. The molecule has 33 heavy (non-hydrogen) atoms. The van der Waals surface area contributed by atoms with E-state index in [1.54, 1.807) is 0 Å². The fourth-order valence-corrected chi connectivity index (χ4v) is 5.71. The Morgan fingerprint density at radius 3 is 2.45 bits per heavy atom. The van der Waals surface area contributed by atoms with Crippen molar-refractivity contribution in [1.29, 1.82) is 0 Å². The van der Waals surface area contributed by atoms with E-state index in [1.165, 1.54) is 38.5 Å². The van der Waals surface area contributed by atoms with Crippen LogP contribution in [-0.2, 0) is 17.9 Å². The standard InChI is InChI=1S/C29H36N2O2/c32-28(30-18-6-5-7-21-12-13-21)27(23-8-1-2-9-23)24-16-14-22(15-17-24)19-31-20-25-10-3-4-11-26(25)29(31)33/h3-4,10-11,14-17,21,23,27H,1-2,5-9,12-13,18-20H2,(H,30,32). The Balaban J connectivity index is 1.21. The highest BCUT2D eigenvalue weighted by molar-refractivity contribution is 5.98. The molecule has 1 N–H and O–H groups in total. The average molecular weight is 445 g/mol. The predicted octanol–water partition coefficient (Wildman–Crippen LogP) is 5.81. The van der Waals surface area contributed by atoms with Crippen LogP contribution in [0.3, 0.4) is 0 Å². The molecule has 2 saturated carbocycles. The molecular formula is C29H36N2O2. The topological polar surface area (TPSA) is 49.4 Å². The lowest BCUT2D eigenvalue weighted by atomic mass is 9.83. The van der Waals surface area contributed by atoms with Crippen molar-refractivity contribution in [3.05, 3.63) is 70.8 Å². The summed E-state index contributed by atoms with van der Waals surface area (Å²) < 4.78 is 0. The van der Waals surface area contributed by atoms with Crippen molar-refractivity contribution in [1.82, 2.24) is 10.2 Å². The third-order valence-electron chi connectivity index (χ3n) is 7.80. The number of hydrogen-bond donors (Lipinski definition) is 1. The van der Waals surface area contributed by atoms with Crippen molar-refractivity contribution in [3.63, 3.8) is 0 Å². The number of rotatable bonds is 10. The Bertz CT molecular complexity index is 973. The van der Waals surface area contributed by atoms with Gasteiger partial charge in [-0.05, 0) is 53.9 Å². The minimum Gasteiger partial charge on any atom is -0.356 e. The Labute approximate surface area is 197 Å². The van der Waals surface area contributed by atoms with E-state index in [9.17, 15) is 9.59 Å². The maximum absolute atomic E-state index is 13.2. The molecule has 0 saturated heterocycles. The molecule has 2 amide bonds. The van der Waals surface area contributed by atoms with E-state index in [0.29, 0.717) is 19.0 Å². The number of nitrogens with one attached hydrogen (secondary N) is 1. The van der Waals surface area contributed by atoms with Gasteiger partial charge in [-0.2, -0.15) is 0 Å². The third kappa shape index (κ3) is 5.31. The van der Waals surface area contributed by atoms with Gasteiger partial charge in [0.1, 0.15) is 0 Å². The Morgan fingerprint density at radius 1 is 0.970 bits per heavy atom. The first-order chi connectivity index (χ1) is 16.2. The van der Waals surface area contributed by atoms with E-state index in [1.807, 2.05) is 29.2 Å². The van der Waals surface area contributed by atoms with Crippen LogP contribution in [0.1, 0.15) is 90.8 Å². The molecule has 1 heterocycles. The van der Waals surface area contributed by atoms with Crippen molar-refractivity contribution in [2.45, 2.75) is 76.8 Å². The highest BCUT2D eigenvalue weighted by Crippen LogP contribution is 2.38. The van der Waals surface area contributed by atoms with E-state index in [4.69, 9.17) is 0 Å². The summed E-state index contributed by atoms with van der Waals surface area (Å²) in [6, 6.07) is 16.3. The number of benzene rings is 2. The number of amides is 2. The summed E-state index contributed by atoms with van der Waals surface area (Å²) in [4.78, 5) is 27.8. The van der Waals surface area contributed by atoms with Crippen LogP contribution in [0.15, 0.2) is 48.5 Å². The Hall–Kier alpha value is -2.62. The molecule has 3 aliphatic rings. The first-order valence-electron chi connectivity index (χ1n) is 12.9. The molecule has 1 unspecified atom stereocenters. The van der Waals surface area contributed by atoms with Crippen LogP contribution >= 0.6 is 0 Å². The number of fused-ring (bicyclic) bond motifs is 1. The van der Waals surface area contributed by atoms with Crippen LogP contribution < -0.4 is 5.32 Å². The fourth-order valence-electron chi connectivity index (χ4n) is 5.71. The summed E-state index contributed by atoms with van der Waals surface area (Å²) in [6.45, 7) is 2.07. The van der Waals surface area contributed by atoms with Gasteiger partial charge in [-0.1, -0.05) is 81.0 Å². The second kappa shape index (κ2) is 10.1. The average Bonchev–Trinajstić information content (AvgIpc) is 3.40. The molecule has 1 aliphatic heterocycles. The number of carbonyl (C=O) groups is 2. The first kappa shape index (κ1) is 22.2. The van der Waals surface area contributed by atoms with E-state index in [0.717, 1.165) is 54.0 Å². The SMILES string of the molecule is O=C(NCCCCC1CC1)C(c1ccc(CN2Cc3ccccc3C2=O)cc1)C1CCCC1. The molecule has 5 rings (SSSR count). The van der Waals surface area contributed by atoms with Gasteiger partial charge in [0.05, 0.1) is 5.92 Å². The number of nitrogens with zero attached hydrogens (tertiary/aromatic N) is 1. The zero-order chi connectivity index (χ0) is 22.6. The fraction of sp³-hybridized carbons (Fsp3) is 0.517. The van der Waals surface area contributed by atoms with E-state index in [2.05, 4.69) is 29.6 Å². The summed E-state index contributed by atoms with van der Waals surface area (Å²) in [5.74, 6) is 1.67. The molecule has 0 aromatic heterocycles. The normalized spacial score (nSPS) is 19.0. The van der Waals surface area contributed by atoms with Crippen molar-refractivity contribution in [3.8, 4) is 0 Å². The van der Waals surface area contributed by atoms with Crippen molar-refractivity contribution in [2.75, 3.05) is 6.54 Å². The van der Waals surface area contributed by atoms with Crippen LogP contribution in [0.5, 0.6) is 0 Å². The molecule has 2 aromatic rings. The zero-order valence-corrected chi connectivity index (χ0v) is 19.6. The van der Waals surface area contributed by atoms with Gasteiger partial charge in [0, 0.05) is 25.2 Å². The van der Waals surface area contributed by atoms with Gasteiger partial charge in [0.15, 0.2) is 0 Å². The third-order valence-corrected chi connectivity index (χ3v) is 7.80. The minimum absolute atomic E-state index is 0.0531. The van der Waals surface area contributed by atoms with E-state index in [-0.39, 0.29) is 17.7 Å². The molecule has 0 spiro atoms. The summed E-state index contributed by atoms with van der Waals surface area (Å²) in [7, 11) is 0. The van der Waals surface area contributed by atoms with E-state index >= 15 is 0 Å². The molecule has 0 bridgehead atoms. The lowest BCUT2D eigenvalue weighted by Gasteiger charge is -2.24. The summed E-state index contributed by atoms with van der Waals surface area (Å²) in [6.07, 6.45) is 11.2. The van der Waals surface area contributed by atoms with Crippen LogP contribution in [-0.4, -0.2) is 23.3 Å². The Kier molecular flexibility index (Phi) is 6.80. The number of hydrogen-bond acceptors (Lipinski definition) is 2. The minimum atomic E-state index is -0.0531. The van der Waals surface area contributed by atoms with Gasteiger partial charge in [-0.3, -0.25) is 9.59 Å². The zero-order valence-electron chi connectivity index (χ0n) is 19.6.